The molecule has 0 aromatic rings. The molecule has 1 saturated heterocycles. The van der Waals surface area contributed by atoms with Crippen LogP contribution < -0.4 is 0 Å². The van der Waals surface area contributed by atoms with Gasteiger partial charge in [-0.25, -0.2) is 0 Å². The van der Waals surface area contributed by atoms with Crippen LogP contribution in [0.5, 0.6) is 0 Å². The molecule has 1 saturated carbocycles. The van der Waals surface area contributed by atoms with E-state index in [1.807, 2.05) is 0 Å². The number of esters is 1. The number of carbonyl (C=O) groups is 1. The Labute approximate surface area is 96.4 Å². The fourth-order valence-corrected chi connectivity index (χ4v) is 2.90. The molecule has 3 rings (SSSR count). The molecule has 0 spiro atoms. The van der Waals surface area contributed by atoms with Crippen molar-refractivity contribution in [3.05, 3.63) is 12.2 Å². The van der Waals surface area contributed by atoms with Crippen molar-refractivity contribution in [2.45, 2.75) is 19.3 Å². The maximum Gasteiger partial charge on any atom is 0.307 e. The number of nitrogens with zero attached hydrogens (tertiary/aromatic N) is 1. The second kappa shape index (κ2) is 4.21. The van der Waals surface area contributed by atoms with Gasteiger partial charge in [0.15, 0.2) is 0 Å². The molecule has 16 heavy (non-hydrogen) atoms. The normalized spacial score (nSPS) is 35.6. The van der Waals surface area contributed by atoms with Gasteiger partial charge in [0.05, 0.1) is 13.0 Å². The lowest BCUT2D eigenvalue weighted by Gasteiger charge is -2.17. The molecular formula is C13H19NO2. The maximum absolute atomic E-state index is 11.5. The zero-order valence-electron chi connectivity index (χ0n) is 9.60. The van der Waals surface area contributed by atoms with Crippen molar-refractivity contribution in [1.82, 2.24) is 4.90 Å². The first-order valence-electron chi connectivity index (χ1n) is 6.37. The van der Waals surface area contributed by atoms with Gasteiger partial charge < -0.3 is 9.64 Å². The zero-order valence-corrected chi connectivity index (χ0v) is 9.60. The predicted molar refractivity (Wildman–Crippen MR) is 60.9 cm³/mol. The molecule has 0 aromatic carbocycles. The molecule has 2 fully saturated rings. The van der Waals surface area contributed by atoms with E-state index in [2.05, 4.69) is 17.1 Å². The third-order valence-electron chi connectivity index (χ3n) is 4.05. The fourth-order valence-electron chi connectivity index (χ4n) is 2.90. The predicted octanol–water partition coefficient (Wildman–Crippen LogP) is 1.45. The van der Waals surface area contributed by atoms with Gasteiger partial charge in [-0.15, -0.1) is 0 Å². The topological polar surface area (TPSA) is 29.3 Å². The Balaban J connectivity index is 1.36. The second-order valence-corrected chi connectivity index (χ2v) is 5.31. The molecule has 0 N–H and O–H groups in total. The number of allylic oxidation sites excluding steroid dienone is 2. The Morgan fingerprint density at radius 3 is 2.81 bits per heavy atom. The highest BCUT2D eigenvalue weighted by Gasteiger charge is 2.36. The van der Waals surface area contributed by atoms with E-state index in [9.17, 15) is 4.79 Å². The van der Waals surface area contributed by atoms with Crippen LogP contribution in [0.15, 0.2) is 12.2 Å². The van der Waals surface area contributed by atoms with E-state index >= 15 is 0 Å². The quantitative estimate of drug-likeness (QED) is 0.400. The van der Waals surface area contributed by atoms with E-state index in [-0.39, 0.29) is 5.97 Å². The summed E-state index contributed by atoms with van der Waals surface area (Å²) in [6.07, 6.45) is 7.71. The van der Waals surface area contributed by atoms with Crippen LogP contribution in [-0.2, 0) is 9.53 Å². The molecule has 1 heterocycles. The SMILES string of the molecule is O=C(CCN1CC1)OC[C@H]1C[C@H]2C=C[C@H]1C2. The van der Waals surface area contributed by atoms with Crippen LogP contribution in [0.1, 0.15) is 19.3 Å². The minimum Gasteiger partial charge on any atom is -0.465 e. The van der Waals surface area contributed by atoms with Crippen LogP contribution in [0, 0.1) is 17.8 Å². The molecule has 1 aliphatic heterocycles. The minimum absolute atomic E-state index is 0.0151. The number of hydrogen-bond acceptors (Lipinski definition) is 3. The molecule has 0 unspecified atom stereocenters. The van der Waals surface area contributed by atoms with Crippen LogP contribution in [0.25, 0.3) is 0 Å². The number of ether oxygens (including phenoxy) is 1. The van der Waals surface area contributed by atoms with Crippen molar-refractivity contribution in [1.29, 1.82) is 0 Å². The summed E-state index contributed by atoms with van der Waals surface area (Å²) < 4.78 is 5.36. The van der Waals surface area contributed by atoms with Crippen LogP contribution in [-0.4, -0.2) is 37.1 Å². The molecule has 0 aromatic heterocycles. The number of hydrogen-bond donors (Lipinski definition) is 0. The average molecular weight is 221 g/mol. The summed E-state index contributed by atoms with van der Waals surface area (Å²) in [5, 5.41) is 0. The van der Waals surface area contributed by atoms with E-state index in [1.165, 1.54) is 12.8 Å². The standard InChI is InChI=1S/C13H19NO2/c15-13(3-4-14-5-6-14)16-9-12-8-10-1-2-11(12)7-10/h1-2,10-12H,3-9H2/t10-,11-,12+/m0/s1. The molecular weight excluding hydrogens is 202 g/mol. The second-order valence-electron chi connectivity index (χ2n) is 5.31. The maximum atomic E-state index is 11.5. The van der Waals surface area contributed by atoms with Gasteiger partial charge in [0.25, 0.3) is 0 Å². The van der Waals surface area contributed by atoms with Crippen molar-refractivity contribution >= 4 is 5.97 Å². The number of carbonyl (C=O) groups excluding carboxylic acids is 1. The highest BCUT2D eigenvalue weighted by atomic mass is 16.5. The molecule has 3 nitrogen and oxygen atoms in total. The molecule has 2 bridgehead atoms. The molecule has 3 heteroatoms. The third-order valence-corrected chi connectivity index (χ3v) is 4.05. The van der Waals surface area contributed by atoms with E-state index in [0.717, 1.165) is 25.6 Å². The van der Waals surface area contributed by atoms with E-state index < -0.39 is 0 Å². The average Bonchev–Trinajstić information content (AvgIpc) is 2.89. The van der Waals surface area contributed by atoms with Gasteiger partial charge in [0.1, 0.15) is 0 Å². The molecule has 3 atom stereocenters. The van der Waals surface area contributed by atoms with Crippen LogP contribution in [0.4, 0.5) is 0 Å². The van der Waals surface area contributed by atoms with Crippen molar-refractivity contribution in [2.24, 2.45) is 17.8 Å². The van der Waals surface area contributed by atoms with Crippen molar-refractivity contribution in [2.75, 3.05) is 26.2 Å². The van der Waals surface area contributed by atoms with Crippen LogP contribution in [0.2, 0.25) is 0 Å². The summed E-state index contributed by atoms with van der Waals surface area (Å²) >= 11 is 0. The molecule has 3 aliphatic rings. The summed E-state index contributed by atoms with van der Waals surface area (Å²) in [4.78, 5) is 13.7. The van der Waals surface area contributed by atoms with Crippen molar-refractivity contribution in [3.63, 3.8) is 0 Å². The zero-order chi connectivity index (χ0) is 11.0. The van der Waals surface area contributed by atoms with Gasteiger partial charge in [-0.3, -0.25) is 4.79 Å². The Kier molecular flexibility index (Phi) is 2.72. The Hall–Kier alpha value is -0.830. The summed E-state index contributed by atoms with van der Waals surface area (Å²) in [7, 11) is 0. The lowest BCUT2D eigenvalue weighted by atomic mass is 9.95. The Morgan fingerprint density at radius 2 is 2.19 bits per heavy atom. The molecule has 0 amide bonds. The van der Waals surface area contributed by atoms with Gasteiger partial charge in [0.2, 0.25) is 0 Å². The highest BCUT2D eigenvalue weighted by Crippen LogP contribution is 2.43. The van der Waals surface area contributed by atoms with Gasteiger partial charge in [-0.2, -0.15) is 0 Å². The van der Waals surface area contributed by atoms with Gasteiger partial charge >= 0.3 is 5.97 Å². The molecule has 88 valence electrons. The number of fused-ring (bicyclic) bond motifs is 2. The first-order valence-corrected chi connectivity index (χ1v) is 6.37. The van der Waals surface area contributed by atoms with E-state index in [0.29, 0.717) is 24.9 Å². The van der Waals surface area contributed by atoms with Gasteiger partial charge in [-0.05, 0) is 30.6 Å². The van der Waals surface area contributed by atoms with Gasteiger partial charge in [0, 0.05) is 19.6 Å². The molecule has 0 radical (unpaired) electrons. The van der Waals surface area contributed by atoms with Gasteiger partial charge in [-0.1, -0.05) is 12.2 Å². The Morgan fingerprint density at radius 1 is 1.31 bits per heavy atom. The lowest BCUT2D eigenvalue weighted by molar-refractivity contribution is -0.145. The van der Waals surface area contributed by atoms with Crippen LogP contribution >= 0.6 is 0 Å². The lowest BCUT2D eigenvalue weighted by Crippen LogP contribution is -2.19. The van der Waals surface area contributed by atoms with E-state index in [1.54, 1.807) is 0 Å². The fraction of sp³-hybridized carbons (Fsp3) is 0.769. The van der Waals surface area contributed by atoms with Crippen molar-refractivity contribution in [3.8, 4) is 0 Å². The summed E-state index contributed by atoms with van der Waals surface area (Å²) in [6.45, 7) is 3.84. The van der Waals surface area contributed by atoms with Crippen molar-refractivity contribution < 1.29 is 9.53 Å². The Bertz CT molecular complexity index is 309. The van der Waals surface area contributed by atoms with Crippen LogP contribution in [0.3, 0.4) is 0 Å². The third kappa shape index (κ3) is 2.29. The first-order chi connectivity index (χ1) is 7.81. The summed E-state index contributed by atoms with van der Waals surface area (Å²) in [5.41, 5.74) is 0. The highest BCUT2D eigenvalue weighted by molar-refractivity contribution is 5.69. The number of rotatable bonds is 5. The summed E-state index contributed by atoms with van der Waals surface area (Å²) in [5.74, 6) is 2.04. The monoisotopic (exact) mass is 221 g/mol. The minimum atomic E-state index is -0.0151. The largest absolute Gasteiger partial charge is 0.465 e. The first kappa shape index (κ1) is 10.3. The molecule has 2 aliphatic carbocycles. The smallest absolute Gasteiger partial charge is 0.307 e. The van der Waals surface area contributed by atoms with E-state index in [4.69, 9.17) is 4.74 Å². The summed E-state index contributed by atoms with van der Waals surface area (Å²) in [6, 6.07) is 0.